The summed E-state index contributed by atoms with van der Waals surface area (Å²) in [5.41, 5.74) is 2.68. The van der Waals surface area contributed by atoms with Crippen LogP contribution in [0.25, 0.3) is 0 Å². The minimum Gasteiger partial charge on any atom is -0.480 e. The molecule has 0 saturated carbocycles. The van der Waals surface area contributed by atoms with Crippen molar-refractivity contribution in [2.45, 2.75) is 13.8 Å². The summed E-state index contributed by atoms with van der Waals surface area (Å²) in [6.45, 7) is 6.52. The molecule has 1 aliphatic heterocycles. The minimum atomic E-state index is -0.0646. The summed E-state index contributed by atoms with van der Waals surface area (Å²) < 4.78 is 5.24. The molecular formula is C23H26N6O2. The van der Waals surface area contributed by atoms with E-state index in [1.807, 2.05) is 30.0 Å². The molecule has 1 N–H and O–H groups in total. The summed E-state index contributed by atoms with van der Waals surface area (Å²) in [6.07, 6.45) is 1.62. The maximum absolute atomic E-state index is 12.9. The number of aromatic nitrogens is 3. The lowest BCUT2D eigenvalue weighted by Crippen LogP contribution is -2.49. The second kappa shape index (κ2) is 8.99. The van der Waals surface area contributed by atoms with Gasteiger partial charge in [0.25, 0.3) is 5.91 Å². The van der Waals surface area contributed by atoms with E-state index in [0.717, 1.165) is 17.3 Å². The SMILES string of the molecule is COc1ncccc1C(=O)N1CCN(c2cc(Nc3ccc(C)cc3)nc(C)n2)CC1. The normalized spacial score (nSPS) is 13.8. The summed E-state index contributed by atoms with van der Waals surface area (Å²) in [5, 5.41) is 3.35. The molecule has 0 bridgehead atoms. The number of nitrogens with zero attached hydrogens (tertiary/aromatic N) is 5. The number of ether oxygens (including phenoxy) is 1. The molecule has 1 fully saturated rings. The van der Waals surface area contributed by atoms with Crippen molar-refractivity contribution < 1.29 is 9.53 Å². The van der Waals surface area contributed by atoms with Crippen LogP contribution in [0.5, 0.6) is 5.88 Å². The lowest BCUT2D eigenvalue weighted by molar-refractivity contribution is 0.0742. The molecule has 0 aliphatic carbocycles. The van der Waals surface area contributed by atoms with Crippen LogP contribution < -0.4 is 15.0 Å². The zero-order chi connectivity index (χ0) is 21.8. The number of amides is 1. The van der Waals surface area contributed by atoms with Crippen LogP contribution in [-0.4, -0.2) is 59.0 Å². The van der Waals surface area contributed by atoms with E-state index >= 15 is 0 Å². The molecule has 8 nitrogen and oxygen atoms in total. The van der Waals surface area contributed by atoms with E-state index in [4.69, 9.17) is 4.74 Å². The van der Waals surface area contributed by atoms with Gasteiger partial charge in [-0.3, -0.25) is 4.79 Å². The number of pyridine rings is 1. The highest BCUT2D eigenvalue weighted by atomic mass is 16.5. The van der Waals surface area contributed by atoms with E-state index in [9.17, 15) is 4.79 Å². The molecule has 8 heteroatoms. The monoisotopic (exact) mass is 418 g/mol. The van der Waals surface area contributed by atoms with Crippen LogP contribution in [-0.2, 0) is 0 Å². The Morgan fingerprint density at radius 2 is 1.77 bits per heavy atom. The zero-order valence-electron chi connectivity index (χ0n) is 18.0. The van der Waals surface area contributed by atoms with E-state index in [-0.39, 0.29) is 5.91 Å². The third-order valence-electron chi connectivity index (χ3n) is 5.23. The Morgan fingerprint density at radius 1 is 1.03 bits per heavy atom. The fourth-order valence-corrected chi connectivity index (χ4v) is 3.59. The Labute approximate surface area is 181 Å². The van der Waals surface area contributed by atoms with Crippen LogP contribution in [0.15, 0.2) is 48.7 Å². The Hall–Kier alpha value is -3.68. The smallest absolute Gasteiger partial charge is 0.259 e. The summed E-state index contributed by atoms with van der Waals surface area (Å²) in [7, 11) is 1.52. The average molecular weight is 419 g/mol. The first-order valence-corrected chi connectivity index (χ1v) is 10.3. The van der Waals surface area contributed by atoms with Gasteiger partial charge in [0.15, 0.2) is 0 Å². The van der Waals surface area contributed by atoms with E-state index in [1.54, 1.807) is 18.3 Å². The molecule has 4 rings (SSSR count). The first kappa shape index (κ1) is 20.6. The van der Waals surface area contributed by atoms with E-state index in [2.05, 4.69) is 44.2 Å². The highest BCUT2D eigenvalue weighted by molar-refractivity contribution is 5.96. The van der Waals surface area contributed by atoms with Crippen LogP contribution in [0.1, 0.15) is 21.7 Å². The molecule has 1 saturated heterocycles. The van der Waals surface area contributed by atoms with Gasteiger partial charge in [0.2, 0.25) is 5.88 Å². The van der Waals surface area contributed by atoms with E-state index in [0.29, 0.717) is 43.4 Å². The lowest BCUT2D eigenvalue weighted by atomic mass is 10.2. The summed E-state index contributed by atoms with van der Waals surface area (Å²) in [6, 6.07) is 13.6. The van der Waals surface area contributed by atoms with E-state index in [1.165, 1.54) is 12.7 Å². The number of methoxy groups -OCH3 is 1. The Balaban J connectivity index is 1.44. The first-order valence-electron chi connectivity index (χ1n) is 10.3. The van der Waals surface area contributed by atoms with Crippen LogP contribution in [0.4, 0.5) is 17.3 Å². The Bertz CT molecular complexity index is 1060. The number of nitrogens with one attached hydrogen (secondary N) is 1. The molecular weight excluding hydrogens is 392 g/mol. The molecule has 3 heterocycles. The van der Waals surface area contributed by atoms with Gasteiger partial charge in [0, 0.05) is 44.1 Å². The molecule has 1 aliphatic rings. The Kier molecular flexibility index (Phi) is 5.97. The highest BCUT2D eigenvalue weighted by Crippen LogP contribution is 2.23. The van der Waals surface area contributed by atoms with Gasteiger partial charge in [0.05, 0.1) is 7.11 Å². The van der Waals surface area contributed by atoms with Crippen molar-refractivity contribution in [3.05, 3.63) is 65.6 Å². The number of piperazine rings is 1. The summed E-state index contributed by atoms with van der Waals surface area (Å²) in [4.78, 5) is 30.2. The van der Waals surface area contributed by atoms with Crippen molar-refractivity contribution in [2.75, 3.05) is 43.5 Å². The van der Waals surface area contributed by atoms with Crippen molar-refractivity contribution in [3.8, 4) is 5.88 Å². The molecule has 0 radical (unpaired) electrons. The molecule has 0 atom stereocenters. The van der Waals surface area contributed by atoms with Crippen molar-refractivity contribution >= 4 is 23.2 Å². The van der Waals surface area contributed by atoms with Crippen LogP contribution in [0, 0.1) is 13.8 Å². The maximum atomic E-state index is 12.9. The molecule has 0 unspecified atom stereocenters. The number of rotatable bonds is 5. The van der Waals surface area contributed by atoms with Crippen LogP contribution in [0.2, 0.25) is 0 Å². The quantitative estimate of drug-likeness (QED) is 0.681. The molecule has 160 valence electrons. The Morgan fingerprint density at radius 3 is 2.48 bits per heavy atom. The van der Waals surface area contributed by atoms with Crippen molar-refractivity contribution in [1.82, 2.24) is 19.9 Å². The molecule has 2 aromatic heterocycles. The maximum Gasteiger partial charge on any atom is 0.259 e. The summed E-state index contributed by atoms with van der Waals surface area (Å²) >= 11 is 0. The number of aryl methyl sites for hydroxylation is 2. The van der Waals surface area contributed by atoms with Gasteiger partial charge in [-0.25, -0.2) is 15.0 Å². The van der Waals surface area contributed by atoms with Crippen LogP contribution >= 0.6 is 0 Å². The second-order valence-electron chi connectivity index (χ2n) is 7.49. The topological polar surface area (TPSA) is 83.5 Å². The number of benzene rings is 1. The standard InChI is InChI=1S/C23H26N6O2/c1-16-6-8-18(9-7-16)27-20-15-21(26-17(2)25-20)28-11-13-29(14-12-28)23(30)19-5-4-10-24-22(19)31-3/h4-10,15H,11-14H2,1-3H3,(H,25,26,27). The fourth-order valence-electron chi connectivity index (χ4n) is 3.59. The van der Waals surface area contributed by atoms with Gasteiger partial charge >= 0.3 is 0 Å². The van der Waals surface area contributed by atoms with Gasteiger partial charge in [-0.2, -0.15) is 0 Å². The number of carbonyl (C=O) groups is 1. The van der Waals surface area contributed by atoms with Crippen molar-refractivity contribution in [3.63, 3.8) is 0 Å². The average Bonchev–Trinajstić information content (AvgIpc) is 2.80. The number of hydrogen-bond acceptors (Lipinski definition) is 7. The largest absolute Gasteiger partial charge is 0.480 e. The molecule has 31 heavy (non-hydrogen) atoms. The van der Waals surface area contributed by atoms with Gasteiger partial charge < -0.3 is 19.9 Å². The fraction of sp³-hybridized carbons (Fsp3) is 0.304. The van der Waals surface area contributed by atoms with Gasteiger partial charge in [-0.05, 0) is 38.1 Å². The van der Waals surface area contributed by atoms with E-state index < -0.39 is 0 Å². The number of anilines is 3. The molecule has 1 amide bonds. The van der Waals surface area contributed by atoms with Crippen LogP contribution in [0.3, 0.4) is 0 Å². The third kappa shape index (κ3) is 4.74. The zero-order valence-corrected chi connectivity index (χ0v) is 18.0. The van der Waals surface area contributed by atoms with Crippen molar-refractivity contribution in [1.29, 1.82) is 0 Å². The number of hydrogen-bond donors (Lipinski definition) is 1. The predicted octanol–water partition coefficient (Wildman–Crippen LogP) is 3.20. The molecule has 3 aromatic rings. The number of carbonyl (C=O) groups excluding carboxylic acids is 1. The lowest BCUT2D eigenvalue weighted by Gasteiger charge is -2.35. The van der Waals surface area contributed by atoms with Gasteiger partial charge in [0.1, 0.15) is 23.0 Å². The third-order valence-corrected chi connectivity index (χ3v) is 5.23. The predicted molar refractivity (Wildman–Crippen MR) is 120 cm³/mol. The summed E-state index contributed by atoms with van der Waals surface area (Å²) in [5.74, 6) is 2.60. The first-order chi connectivity index (χ1) is 15.0. The van der Waals surface area contributed by atoms with Gasteiger partial charge in [-0.1, -0.05) is 17.7 Å². The molecule has 0 spiro atoms. The minimum absolute atomic E-state index is 0.0646. The van der Waals surface area contributed by atoms with Gasteiger partial charge in [-0.15, -0.1) is 0 Å². The van der Waals surface area contributed by atoms with Crippen molar-refractivity contribution in [2.24, 2.45) is 0 Å². The molecule has 1 aromatic carbocycles. The second-order valence-corrected chi connectivity index (χ2v) is 7.49. The highest BCUT2D eigenvalue weighted by Gasteiger charge is 2.25.